The van der Waals surface area contributed by atoms with Gasteiger partial charge < -0.3 is 5.32 Å². The summed E-state index contributed by atoms with van der Waals surface area (Å²) in [6, 6.07) is 10.1. The number of nitrogens with one attached hydrogen (secondary N) is 1. The smallest absolute Gasteiger partial charge is 0.184 e. The van der Waals surface area contributed by atoms with Gasteiger partial charge in [-0.05, 0) is 35.9 Å². The van der Waals surface area contributed by atoms with Crippen molar-refractivity contribution in [2.45, 2.75) is 6.54 Å². The fraction of sp³-hybridized carbons (Fsp3) is 0.0769. The van der Waals surface area contributed by atoms with Gasteiger partial charge in [0, 0.05) is 23.4 Å². The van der Waals surface area contributed by atoms with Crippen LogP contribution in [0.5, 0.6) is 0 Å². The Labute approximate surface area is 117 Å². The van der Waals surface area contributed by atoms with Crippen LogP contribution in [0.15, 0.2) is 47.2 Å². The van der Waals surface area contributed by atoms with E-state index >= 15 is 0 Å². The van der Waals surface area contributed by atoms with Gasteiger partial charge in [-0.3, -0.25) is 4.98 Å². The van der Waals surface area contributed by atoms with E-state index < -0.39 is 0 Å². The summed E-state index contributed by atoms with van der Waals surface area (Å²) >= 11 is 5.13. The molecule has 2 aromatic heterocycles. The molecule has 0 unspecified atom stereocenters. The Kier molecular flexibility index (Phi) is 3.25. The first-order valence-corrected chi connectivity index (χ1v) is 7.11. The summed E-state index contributed by atoms with van der Waals surface area (Å²) in [5, 5.41) is 4.28. The minimum atomic E-state index is 0.767. The van der Waals surface area contributed by atoms with Crippen LogP contribution in [0.1, 0.15) is 5.56 Å². The Morgan fingerprint density at radius 1 is 1.17 bits per heavy atom. The fourth-order valence-electron chi connectivity index (χ4n) is 1.65. The second-order valence-electron chi connectivity index (χ2n) is 3.84. The first-order valence-electron chi connectivity index (χ1n) is 5.50. The first kappa shape index (κ1) is 11.6. The van der Waals surface area contributed by atoms with Gasteiger partial charge in [0.1, 0.15) is 0 Å². The molecular formula is C13H10BrN3S. The number of fused-ring (bicyclic) bond motifs is 1. The van der Waals surface area contributed by atoms with Crippen LogP contribution in [0.3, 0.4) is 0 Å². The average molecular weight is 320 g/mol. The van der Waals surface area contributed by atoms with Gasteiger partial charge in [-0.1, -0.05) is 27.3 Å². The van der Waals surface area contributed by atoms with Gasteiger partial charge in [0.25, 0.3) is 0 Å². The SMILES string of the molecule is Brc1ccc2nc(NCc3ccncc3)sc2c1. The Hall–Kier alpha value is -1.46. The van der Waals surface area contributed by atoms with Crippen molar-refractivity contribution in [2.24, 2.45) is 0 Å². The molecule has 2 heterocycles. The molecule has 0 saturated carbocycles. The predicted molar refractivity (Wildman–Crippen MR) is 78.9 cm³/mol. The molecule has 0 aliphatic rings. The van der Waals surface area contributed by atoms with Crippen LogP contribution in [0.25, 0.3) is 10.2 Å². The lowest BCUT2D eigenvalue weighted by atomic mass is 10.3. The molecule has 0 fully saturated rings. The Bertz CT molecular complexity index is 666. The van der Waals surface area contributed by atoms with Crippen molar-refractivity contribution in [3.8, 4) is 0 Å². The van der Waals surface area contributed by atoms with E-state index in [4.69, 9.17) is 0 Å². The molecule has 1 aromatic carbocycles. The molecule has 0 bridgehead atoms. The zero-order valence-corrected chi connectivity index (χ0v) is 11.8. The van der Waals surface area contributed by atoms with Gasteiger partial charge in [-0.2, -0.15) is 0 Å². The molecule has 0 aliphatic carbocycles. The third-order valence-corrected chi connectivity index (χ3v) is 4.01. The minimum Gasteiger partial charge on any atom is -0.357 e. The lowest BCUT2D eigenvalue weighted by Gasteiger charge is -2.01. The van der Waals surface area contributed by atoms with Crippen LogP contribution in [0, 0.1) is 0 Å². The van der Waals surface area contributed by atoms with Crippen molar-refractivity contribution >= 4 is 42.6 Å². The number of nitrogens with zero attached hydrogens (tertiary/aromatic N) is 2. The van der Waals surface area contributed by atoms with E-state index in [0.29, 0.717) is 0 Å². The highest BCUT2D eigenvalue weighted by Gasteiger charge is 2.03. The number of rotatable bonds is 3. The Morgan fingerprint density at radius 2 is 2.00 bits per heavy atom. The van der Waals surface area contributed by atoms with Crippen molar-refractivity contribution in [1.29, 1.82) is 0 Å². The Balaban J connectivity index is 1.79. The monoisotopic (exact) mass is 319 g/mol. The normalized spacial score (nSPS) is 10.7. The van der Waals surface area contributed by atoms with Crippen LogP contribution < -0.4 is 5.32 Å². The first-order chi connectivity index (χ1) is 8.81. The summed E-state index contributed by atoms with van der Waals surface area (Å²) in [7, 11) is 0. The van der Waals surface area contributed by atoms with Gasteiger partial charge in [0.05, 0.1) is 10.2 Å². The number of hydrogen-bond donors (Lipinski definition) is 1. The second-order valence-corrected chi connectivity index (χ2v) is 5.79. The Morgan fingerprint density at radius 3 is 2.83 bits per heavy atom. The van der Waals surface area contributed by atoms with Crippen LogP contribution in [0.2, 0.25) is 0 Å². The molecule has 3 nitrogen and oxygen atoms in total. The maximum Gasteiger partial charge on any atom is 0.184 e. The van der Waals surface area contributed by atoms with Gasteiger partial charge in [-0.25, -0.2) is 4.98 Å². The number of hydrogen-bond acceptors (Lipinski definition) is 4. The highest BCUT2D eigenvalue weighted by Crippen LogP contribution is 2.28. The van der Waals surface area contributed by atoms with Crippen molar-refractivity contribution < 1.29 is 0 Å². The number of halogens is 1. The van der Waals surface area contributed by atoms with Crippen LogP contribution in [-0.4, -0.2) is 9.97 Å². The lowest BCUT2D eigenvalue weighted by molar-refractivity contribution is 1.12. The van der Waals surface area contributed by atoms with Gasteiger partial charge in [0.15, 0.2) is 5.13 Å². The molecule has 3 rings (SSSR count). The lowest BCUT2D eigenvalue weighted by Crippen LogP contribution is -1.98. The van der Waals surface area contributed by atoms with E-state index in [-0.39, 0.29) is 0 Å². The second kappa shape index (κ2) is 5.04. The molecular weight excluding hydrogens is 310 g/mol. The number of thiazole rings is 1. The summed E-state index contributed by atoms with van der Waals surface area (Å²) in [5.74, 6) is 0. The molecule has 5 heteroatoms. The van der Waals surface area contributed by atoms with E-state index in [0.717, 1.165) is 21.7 Å². The standard InChI is InChI=1S/C13H10BrN3S/c14-10-1-2-11-12(7-10)18-13(17-11)16-8-9-3-5-15-6-4-9/h1-7H,8H2,(H,16,17). The molecule has 0 aliphatic heterocycles. The molecule has 18 heavy (non-hydrogen) atoms. The third-order valence-electron chi connectivity index (χ3n) is 2.54. The molecule has 3 aromatic rings. The predicted octanol–water partition coefficient (Wildman–Crippen LogP) is 4.07. The molecule has 0 atom stereocenters. The van der Waals surface area contributed by atoms with Gasteiger partial charge >= 0.3 is 0 Å². The highest BCUT2D eigenvalue weighted by molar-refractivity contribution is 9.10. The largest absolute Gasteiger partial charge is 0.357 e. The number of pyridine rings is 1. The van der Waals surface area contributed by atoms with Crippen molar-refractivity contribution in [3.05, 3.63) is 52.8 Å². The maximum atomic E-state index is 4.54. The zero-order valence-electron chi connectivity index (χ0n) is 9.43. The molecule has 1 N–H and O–H groups in total. The summed E-state index contributed by atoms with van der Waals surface area (Å²) in [6.45, 7) is 0.767. The van der Waals surface area contributed by atoms with E-state index in [1.165, 1.54) is 10.3 Å². The summed E-state index contributed by atoms with van der Waals surface area (Å²) in [6.07, 6.45) is 3.60. The molecule has 0 spiro atoms. The van der Waals surface area contributed by atoms with E-state index in [1.807, 2.05) is 24.3 Å². The number of anilines is 1. The summed E-state index contributed by atoms with van der Waals surface area (Å²) < 4.78 is 2.26. The molecule has 0 saturated heterocycles. The quantitative estimate of drug-likeness (QED) is 0.790. The van der Waals surface area contributed by atoms with Crippen molar-refractivity contribution in [1.82, 2.24) is 9.97 Å². The van der Waals surface area contributed by atoms with Crippen molar-refractivity contribution in [2.75, 3.05) is 5.32 Å². The summed E-state index contributed by atoms with van der Waals surface area (Å²) in [5.41, 5.74) is 2.23. The molecule has 0 amide bonds. The zero-order chi connectivity index (χ0) is 12.4. The summed E-state index contributed by atoms with van der Waals surface area (Å²) in [4.78, 5) is 8.54. The van der Waals surface area contributed by atoms with E-state index in [9.17, 15) is 0 Å². The van der Waals surface area contributed by atoms with E-state index in [2.05, 4.69) is 37.3 Å². The maximum absolute atomic E-state index is 4.54. The van der Waals surface area contributed by atoms with Gasteiger partial charge in [-0.15, -0.1) is 0 Å². The highest BCUT2D eigenvalue weighted by atomic mass is 79.9. The van der Waals surface area contributed by atoms with Gasteiger partial charge in [0.2, 0.25) is 0 Å². The topological polar surface area (TPSA) is 37.8 Å². The number of aromatic nitrogens is 2. The van der Waals surface area contributed by atoms with Crippen LogP contribution in [-0.2, 0) is 6.54 Å². The minimum absolute atomic E-state index is 0.767. The van der Waals surface area contributed by atoms with Crippen LogP contribution >= 0.6 is 27.3 Å². The van der Waals surface area contributed by atoms with Crippen LogP contribution in [0.4, 0.5) is 5.13 Å². The third kappa shape index (κ3) is 2.52. The average Bonchev–Trinajstić information content (AvgIpc) is 2.79. The fourth-order valence-corrected chi connectivity index (χ4v) is 3.07. The molecule has 0 radical (unpaired) electrons. The molecule has 90 valence electrons. The number of benzene rings is 1. The van der Waals surface area contributed by atoms with Crippen molar-refractivity contribution in [3.63, 3.8) is 0 Å². The van der Waals surface area contributed by atoms with E-state index in [1.54, 1.807) is 23.7 Å².